The number of nitrogens with two attached hydrogens (primary N) is 1. The summed E-state index contributed by atoms with van der Waals surface area (Å²) in [7, 11) is 0. The molecule has 3 N–H and O–H groups in total. The third kappa shape index (κ3) is 3.38. The lowest BCUT2D eigenvalue weighted by Crippen LogP contribution is -2.21. The van der Waals surface area contributed by atoms with Crippen LogP contribution in [0.5, 0.6) is 0 Å². The van der Waals surface area contributed by atoms with Crippen molar-refractivity contribution in [3.05, 3.63) is 64.5 Å². The lowest BCUT2D eigenvalue weighted by atomic mass is 10.2. The molecule has 124 valence electrons. The number of fused-ring (bicyclic) bond motifs is 1. The molecule has 3 heterocycles. The summed E-state index contributed by atoms with van der Waals surface area (Å²) in [6.45, 7) is 0.520. The number of nitrogens with one attached hydrogen (secondary N) is 1. The summed E-state index contributed by atoms with van der Waals surface area (Å²) in [6.07, 6.45) is 1.61. The van der Waals surface area contributed by atoms with Crippen LogP contribution in [0.2, 0.25) is 0 Å². The van der Waals surface area contributed by atoms with Crippen molar-refractivity contribution in [2.45, 2.75) is 6.54 Å². The highest BCUT2D eigenvalue weighted by Crippen LogP contribution is 2.27. The van der Waals surface area contributed by atoms with Gasteiger partial charge in [-0.15, -0.1) is 22.7 Å². The van der Waals surface area contributed by atoms with Crippen molar-refractivity contribution in [1.29, 1.82) is 0 Å². The number of benzene rings is 1. The van der Waals surface area contributed by atoms with Crippen LogP contribution in [0.3, 0.4) is 0 Å². The standard InChI is InChI=1S/C18H14N4OS2/c19-18-20-8-7-13(22-18)15-5-6-16(25-15)17(23)21-10-12-9-11-3-1-2-4-14(11)24-12/h1-9H,10H2,(H,21,23)(H2,19,20,22). The first kappa shape index (κ1) is 15.7. The molecule has 0 aliphatic heterocycles. The molecule has 1 aromatic carbocycles. The molecular formula is C18H14N4OS2. The van der Waals surface area contributed by atoms with Crippen LogP contribution in [0.1, 0.15) is 14.5 Å². The van der Waals surface area contributed by atoms with Crippen molar-refractivity contribution in [1.82, 2.24) is 15.3 Å². The van der Waals surface area contributed by atoms with Gasteiger partial charge in [-0.25, -0.2) is 9.97 Å². The first-order valence-corrected chi connectivity index (χ1v) is 9.27. The third-order valence-electron chi connectivity index (χ3n) is 3.66. The Balaban J connectivity index is 1.46. The Morgan fingerprint density at radius 2 is 2.00 bits per heavy atom. The Kier molecular flexibility index (Phi) is 4.17. The van der Waals surface area contributed by atoms with Gasteiger partial charge in [0, 0.05) is 15.8 Å². The van der Waals surface area contributed by atoms with Crippen LogP contribution in [0.15, 0.2) is 54.7 Å². The van der Waals surface area contributed by atoms with Gasteiger partial charge in [-0.05, 0) is 35.7 Å². The van der Waals surface area contributed by atoms with E-state index in [1.807, 2.05) is 18.2 Å². The molecule has 0 unspecified atom stereocenters. The molecule has 5 nitrogen and oxygen atoms in total. The van der Waals surface area contributed by atoms with Crippen molar-refractivity contribution >= 4 is 44.6 Å². The fraction of sp³-hybridized carbons (Fsp3) is 0.0556. The minimum Gasteiger partial charge on any atom is -0.368 e. The molecule has 0 spiro atoms. The van der Waals surface area contributed by atoms with Gasteiger partial charge in [0.15, 0.2) is 0 Å². The van der Waals surface area contributed by atoms with Crippen molar-refractivity contribution in [3.8, 4) is 10.6 Å². The summed E-state index contributed by atoms with van der Waals surface area (Å²) < 4.78 is 1.23. The zero-order valence-electron chi connectivity index (χ0n) is 13.1. The van der Waals surface area contributed by atoms with Gasteiger partial charge in [-0.1, -0.05) is 18.2 Å². The van der Waals surface area contributed by atoms with E-state index >= 15 is 0 Å². The molecule has 0 saturated carbocycles. The summed E-state index contributed by atoms with van der Waals surface area (Å²) >= 11 is 3.08. The number of aromatic nitrogens is 2. The van der Waals surface area contributed by atoms with Crippen LogP contribution < -0.4 is 11.1 Å². The SMILES string of the molecule is Nc1nccc(-c2ccc(C(=O)NCc3cc4ccccc4s3)s2)n1. The largest absolute Gasteiger partial charge is 0.368 e. The summed E-state index contributed by atoms with van der Waals surface area (Å²) in [4.78, 5) is 23.1. The molecule has 0 saturated heterocycles. The second-order valence-corrected chi connectivity index (χ2v) is 7.65. The van der Waals surface area contributed by atoms with E-state index in [0.717, 1.165) is 15.4 Å². The molecule has 0 bridgehead atoms. The van der Waals surface area contributed by atoms with E-state index in [2.05, 4.69) is 33.5 Å². The van der Waals surface area contributed by atoms with E-state index in [0.29, 0.717) is 11.4 Å². The van der Waals surface area contributed by atoms with Gasteiger partial charge < -0.3 is 11.1 Å². The monoisotopic (exact) mass is 366 g/mol. The molecule has 4 aromatic rings. The number of hydrogen-bond acceptors (Lipinski definition) is 6. The lowest BCUT2D eigenvalue weighted by molar-refractivity contribution is 0.0955. The smallest absolute Gasteiger partial charge is 0.261 e. The van der Waals surface area contributed by atoms with Gasteiger partial charge in [-0.2, -0.15) is 0 Å². The Morgan fingerprint density at radius 1 is 1.12 bits per heavy atom. The number of anilines is 1. The lowest BCUT2D eigenvalue weighted by Gasteiger charge is -2.01. The van der Waals surface area contributed by atoms with E-state index in [-0.39, 0.29) is 11.9 Å². The highest BCUT2D eigenvalue weighted by atomic mass is 32.1. The maximum absolute atomic E-state index is 12.4. The number of thiophene rings is 2. The summed E-state index contributed by atoms with van der Waals surface area (Å²) in [5, 5.41) is 4.18. The maximum Gasteiger partial charge on any atom is 0.261 e. The number of nitrogen functional groups attached to an aromatic ring is 1. The second kappa shape index (κ2) is 6.62. The van der Waals surface area contributed by atoms with Crippen LogP contribution in [0.4, 0.5) is 5.95 Å². The number of rotatable bonds is 4. The average molecular weight is 366 g/mol. The van der Waals surface area contributed by atoms with Crippen molar-refractivity contribution in [3.63, 3.8) is 0 Å². The predicted molar refractivity (Wildman–Crippen MR) is 103 cm³/mol. The Bertz CT molecular complexity index is 1020. The van der Waals surface area contributed by atoms with Gasteiger partial charge >= 0.3 is 0 Å². The molecule has 0 atom stereocenters. The van der Waals surface area contributed by atoms with Crippen LogP contribution >= 0.6 is 22.7 Å². The molecule has 4 rings (SSSR count). The number of hydrogen-bond donors (Lipinski definition) is 2. The van der Waals surface area contributed by atoms with E-state index < -0.39 is 0 Å². The molecule has 3 aromatic heterocycles. The van der Waals surface area contributed by atoms with Crippen molar-refractivity contribution in [2.24, 2.45) is 0 Å². The van der Waals surface area contributed by atoms with Crippen LogP contribution in [0.25, 0.3) is 20.7 Å². The Labute approximate surface area is 152 Å². The predicted octanol–water partition coefficient (Wildman–Crippen LogP) is 3.93. The number of carbonyl (C=O) groups excluding carboxylic acids is 1. The third-order valence-corrected chi connectivity index (χ3v) is 5.88. The fourth-order valence-electron chi connectivity index (χ4n) is 2.49. The maximum atomic E-state index is 12.4. The minimum absolute atomic E-state index is 0.0873. The van der Waals surface area contributed by atoms with Crippen LogP contribution in [-0.2, 0) is 6.54 Å². The summed E-state index contributed by atoms with van der Waals surface area (Å²) in [5.41, 5.74) is 6.33. The van der Waals surface area contributed by atoms with E-state index in [4.69, 9.17) is 5.73 Å². The van der Waals surface area contributed by atoms with Crippen LogP contribution in [0, 0.1) is 0 Å². The highest BCUT2D eigenvalue weighted by Gasteiger charge is 2.12. The topological polar surface area (TPSA) is 80.9 Å². The van der Waals surface area contributed by atoms with Gasteiger partial charge in [0.25, 0.3) is 5.91 Å². The number of amides is 1. The first-order valence-electron chi connectivity index (χ1n) is 7.63. The Morgan fingerprint density at radius 3 is 2.84 bits per heavy atom. The molecule has 1 amide bonds. The van der Waals surface area contributed by atoms with Crippen molar-refractivity contribution in [2.75, 3.05) is 5.73 Å². The molecule has 0 radical (unpaired) electrons. The summed E-state index contributed by atoms with van der Waals surface area (Å²) in [6, 6.07) is 15.8. The average Bonchev–Trinajstić information content (AvgIpc) is 3.26. The molecule has 0 aliphatic carbocycles. The second-order valence-electron chi connectivity index (χ2n) is 5.40. The van der Waals surface area contributed by atoms with Gasteiger partial charge in [-0.3, -0.25) is 4.79 Å². The number of nitrogens with zero attached hydrogens (tertiary/aromatic N) is 2. The Hall–Kier alpha value is -2.77. The molecule has 25 heavy (non-hydrogen) atoms. The quantitative estimate of drug-likeness (QED) is 0.573. The van der Waals surface area contributed by atoms with E-state index in [9.17, 15) is 4.79 Å². The van der Waals surface area contributed by atoms with E-state index in [1.165, 1.54) is 21.4 Å². The van der Waals surface area contributed by atoms with Gasteiger partial charge in [0.05, 0.1) is 22.0 Å². The fourth-order valence-corrected chi connectivity index (χ4v) is 4.38. The normalized spacial score (nSPS) is 10.9. The molecule has 0 aliphatic rings. The zero-order valence-corrected chi connectivity index (χ0v) is 14.7. The van der Waals surface area contributed by atoms with Gasteiger partial charge in [0.1, 0.15) is 0 Å². The van der Waals surface area contributed by atoms with Crippen LogP contribution in [-0.4, -0.2) is 15.9 Å². The minimum atomic E-state index is -0.0873. The molecule has 0 fully saturated rings. The number of carbonyl (C=O) groups is 1. The summed E-state index contributed by atoms with van der Waals surface area (Å²) in [5.74, 6) is 0.136. The highest BCUT2D eigenvalue weighted by molar-refractivity contribution is 7.19. The van der Waals surface area contributed by atoms with Gasteiger partial charge in [0.2, 0.25) is 5.95 Å². The van der Waals surface area contributed by atoms with E-state index in [1.54, 1.807) is 29.7 Å². The van der Waals surface area contributed by atoms with Crippen molar-refractivity contribution < 1.29 is 4.79 Å². The molecule has 7 heteroatoms. The molecular weight excluding hydrogens is 352 g/mol. The first-order chi connectivity index (χ1) is 12.2. The zero-order chi connectivity index (χ0) is 17.2.